The molecule has 5 heteroatoms. The van der Waals surface area contributed by atoms with Gasteiger partial charge in [0, 0.05) is 31.2 Å². The molecule has 1 saturated heterocycles. The molecular weight excluding hydrogens is 274 g/mol. The second kappa shape index (κ2) is 5.60. The van der Waals surface area contributed by atoms with Crippen LogP contribution in [0.1, 0.15) is 26.2 Å². The highest BCUT2D eigenvalue weighted by atomic mass is 35.5. The van der Waals surface area contributed by atoms with Crippen LogP contribution >= 0.6 is 11.6 Å². The van der Waals surface area contributed by atoms with E-state index in [1.54, 1.807) is 6.20 Å². The van der Waals surface area contributed by atoms with Crippen molar-refractivity contribution < 1.29 is 4.79 Å². The summed E-state index contributed by atoms with van der Waals surface area (Å²) in [7, 11) is 0. The molecule has 0 radical (unpaired) electrons. The molecule has 2 aliphatic rings. The molecule has 1 aliphatic heterocycles. The number of amides is 1. The SMILES string of the molecule is C[C@H]1C[C@@H]1NC(=O)C1CCN(c2ccc(Cl)cn2)CC1. The quantitative estimate of drug-likeness (QED) is 0.931. The van der Waals surface area contributed by atoms with Gasteiger partial charge in [-0.3, -0.25) is 4.79 Å². The van der Waals surface area contributed by atoms with Gasteiger partial charge in [0.2, 0.25) is 5.91 Å². The molecule has 1 aromatic rings. The molecule has 0 unspecified atom stereocenters. The summed E-state index contributed by atoms with van der Waals surface area (Å²) in [5, 5.41) is 3.80. The third kappa shape index (κ3) is 3.06. The largest absolute Gasteiger partial charge is 0.357 e. The lowest BCUT2D eigenvalue weighted by Crippen LogP contribution is -2.41. The topological polar surface area (TPSA) is 45.2 Å². The lowest BCUT2D eigenvalue weighted by molar-refractivity contribution is -0.125. The van der Waals surface area contributed by atoms with Gasteiger partial charge in [0.1, 0.15) is 5.82 Å². The second-order valence-electron chi connectivity index (χ2n) is 5.92. The zero-order valence-corrected chi connectivity index (χ0v) is 12.4. The van der Waals surface area contributed by atoms with Crippen LogP contribution in [0, 0.1) is 11.8 Å². The summed E-state index contributed by atoms with van der Waals surface area (Å²) >= 11 is 5.85. The van der Waals surface area contributed by atoms with E-state index in [2.05, 4.69) is 22.1 Å². The molecule has 0 aromatic carbocycles. The van der Waals surface area contributed by atoms with Crippen LogP contribution in [0.25, 0.3) is 0 Å². The van der Waals surface area contributed by atoms with Gasteiger partial charge in [0.25, 0.3) is 0 Å². The molecular formula is C15H20ClN3O. The zero-order valence-electron chi connectivity index (χ0n) is 11.7. The molecule has 1 N–H and O–H groups in total. The van der Waals surface area contributed by atoms with Crippen LogP contribution in [0.5, 0.6) is 0 Å². The van der Waals surface area contributed by atoms with Gasteiger partial charge in [0.15, 0.2) is 0 Å². The fourth-order valence-corrected chi connectivity index (χ4v) is 2.86. The number of pyridine rings is 1. The van der Waals surface area contributed by atoms with Crippen LogP contribution in [-0.2, 0) is 4.79 Å². The Hall–Kier alpha value is -1.29. The predicted octanol–water partition coefficient (Wildman–Crippen LogP) is 2.48. The smallest absolute Gasteiger partial charge is 0.223 e. The van der Waals surface area contributed by atoms with Gasteiger partial charge < -0.3 is 10.2 Å². The van der Waals surface area contributed by atoms with Crippen molar-refractivity contribution in [1.82, 2.24) is 10.3 Å². The highest BCUT2D eigenvalue weighted by Crippen LogP contribution is 2.30. The van der Waals surface area contributed by atoms with Crippen molar-refractivity contribution in [2.75, 3.05) is 18.0 Å². The Balaban J connectivity index is 1.51. The number of nitrogens with zero attached hydrogens (tertiary/aromatic N) is 2. The maximum absolute atomic E-state index is 12.1. The van der Waals surface area contributed by atoms with Crippen LogP contribution in [-0.4, -0.2) is 30.0 Å². The molecule has 4 nitrogen and oxygen atoms in total. The van der Waals surface area contributed by atoms with E-state index in [-0.39, 0.29) is 11.8 Å². The molecule has 0 bridgehead atoms. The summed E-state index contributed by atoms with van der Waals surface area (Å²) in [5.74, 6) is 2.01. The average molecular weight is 294 g/mol. The van der Waals surface area contributed by atoms with Crippen molar-refractivity contribution in [1.29, 1.82) is 0 Å². The van der Waals surface area contributed by atoms with Gasteiger partial charge in [-0.1, -0.05) is 18.5 Å². The van der Waals surface area contributed by atoms with E-state index >= 15 is 0 Å². The van der Waals surface area contributed by atoms with Gasteiger partial charge in [-0.15, -0.1) is 0 Å². The van der Waals surface area contributed by atoms with E-state index in [1.807, 2.05) is 12.1 Å². The normalized spacial score (nSPS) is 26.4. The number of hydrogen-bond donors (Lipinski definition) is 1. The van der Waals surface area contributed by atoms with E-state index in [4.69, 9.17) is 11.6 Å². The maximum Gasteiger partial charge on any atom is 0.223 e. The van der Waals surface area contributed by atoms with Gasteiger partial charge in [0.05, 0.1) is 5.02 Å². The van der Waals surface area contributed by atoms with Crippen LogP contribution in [0.4, 0.5) is 5.82 Å². The molecule has 2 atom stereocenters. The second-order valence-corrected chi connectivity index (χ2v) is 6.36. The molecule has 3 rings (SSSR count). The number of hydrogen-bond acceptors (Lipinski definition) is 3. The van der Waals surface area contributed by atoms with Crippen molar-refractivity contribution in [3.05, 3.63) is 23.4 Å². The maximum atomic E-state index is 12.1. The number of nitrogens with one attached hydrogen (secondary N) is 1. The predicted molar refractivity (Wildman–Crippen MR) is 79.9 cm³/mol. The Morgan fingerprint density at radius 1 is 1.40 bits per heavy atom. The van der Waals surface area contributed by atoms with Crippen molar-refractivity contribution >= 4 is 23.3 Å². The highest BCUT2D eigenvalue weighted by Gasteiger charge is 2.36. The van der Waals surface area contributed by atoms with Crippen LogP contribution < -0.4 is 10.2 Å². The van der Waals surface area contributed by atoms with E-state index in [9.17, 15) is 4.79 Å². The number of halogens is 1. The number of carbonyl (C=O) groups is 1. The number of piperidine rings is 1. The van der Waals surface area contributed by atoms with E-state index in [1.165, 1.54) is 0 Å². The number of anilines is 1. The fraction of sp³-hybridized carbons (Fsp3) is 0.600. The molecule has 1 aromatic heterocycles. The van der Waals surface area contributed by atoms with Crippen LogP contribution in [0.15, 0.2) is 18.3 Å². The van der Waals surface area contributed by atoms with Gasteiger partial charge >= 0.3 is 0 Å². The molecule has 108 valence electrons. The Morgan fingerprint density at radius 3 is 2.65 bits per heavy atom. The van der Waals surface area contributed by atoms with Gasteiger partial charge in [-0.2, -0.15) is 0 Å². The fourth-order valence-electron chi connectivity index (χ4n) is 2.75. The lowest BCUT2D eigenvalue weighted by atomic mass is 9.96. The minimum Gasteiger partial charge on any atom is -0.357 e. The van der Waals surface area contributed by atoms with Crippen molar-refractivity contribution in [3.8, 4) is 0 Å². The Morgan fingerprint density at radius 2 is 2.10 bits per heavy atom. The Bertz CT molecular complexity index is 482. The summed E-state index contributed by atoms with van der Waals surface area (Å²) in [6.45, 7) is 3.94. The lowest BCUT2D eigenvalue weighted by Gasteiger charge is -2.32. The van der Waals surface area contributed by atoms with Gasteiger partial charge in [-0.25, -0.2) is 4.98 Å². The van der Waals surface area contributed by atoms with Gasteiger partial charge in [-0.05, 0) is 37.3 Å². The molecule has 2 heterocycles. The zero-order chi connectivity index (χ0) is 14.1. The highest BCUT2D eigenvalue weighted by molar-refractivity contribution is 6.30. The summed E-state index contributed by atoms with van der Waals surface area (Å²) in [6, 6.07) is 4.23. The third-order valence-electron chi connectivity index (χ3n) is 4.34. The summed E-state index contributed by atoms with van der Waals surface area (Å²) in [4.78, 5) is 18.7. The first-order valence-corrected chi connectivity index (χ1v) is 7.68. The molecule has 20 heavy (non-hydrogen) atoms. The number of rotatable bonds is 3. The molecule has 1 amide bonds. The van der Waals surface area contributed by atoms with Crippen LogP contribution in [0.3, 0.4) is 0 Å². The number of carbonyl (C=O) groups excluding carboxylic acids is 1. The van der Waals surface area contributed by atoms with Crippen molar-refractivity contribution in [3.63, 3.8) is 0 Å². The van der Waals surface area contributed by atoms with Crippen molar-refractivity contribution in [2.24, 2.45) is 11.8 Å². The third-order valence-corrected chi connectivity index (χ3v) is 4.56. The van der Waals surface area contributed by atoms with Crippen molar-refractivity contribution in [2.45, 2.75) is 32.2 Å². The standard InChI is InChI=1S/C15H20ClN3O/c1-10-8-13(10)18-15(20)11-4-6-19(7-5-11)14-3-2-12(16)9-17-14/h2-3,9-11,13H,4-8H2,1H3,(H,18,20)/t10-,13-/m0/s1. The van der Waals surface area contributed by atoms with Crippen LogP contribution in [0.2, 0.25) is 5.02 Å². The monoisotopic (exact) mass is 293 g/mol. The van der Waals surface area contributed by atoms with E-state index < -0.39 is 0 Å². The molecule has 2 fully saturated rings. The molecule has 0 spiro atoms. The first-order chi connectivity index (χ1) is 9.63. The summed E-state index contributed by atoms with van der Waals surface area (Å²) in [6.07, 6.45) is 4.61. The first kappa shape index (κ1) is 13.7. The van der Waals surface area contributed by atoms with E-state index in [0.29, 0.717) is 17.0 Å². The average Bonchev–Trinajstić information content (AvgIpc) is 3.15. The molecule has 1 saturated carbocycles. The van der Waals surface area contributed by atoms with E-state index in [0.717, 1.165) is 38.2 Å². The summed E-state index contributed by atoms with van der Waals surface area (Å²) in [5.41, 5.74) is 0. The first-order valence-electron chi connectivity index (χ1n) is 7.30. The molecule has 1 aliphatic carbocycles. The minimum absolute atomic E-state index is 0.159. The number of aromatic nitrogens is 1. The minimum atomic E-state index is 0.159. The Labute approximate surface area is 124 Å². The summed E-state index contributed by atoms with van der Waals surface area (Å²) < 4.78 is 0. The Kier molecular flexibility index (Phi) is 3.83.